The van der Waals surface area contributed by atoms with Gasteiger partial charge in [-0.1, -0.05) is 37.3 Å². The largest absolute Gasteiger partial charge is 0.384 e. The Hall–Kier alpha value is -2.58. The number of carbonyl (C=O) groups excluding carboxylic acids is 1. The highest BCUT2D eigenvalue weighted by molar-refractivity contribution is 7.90. The molecular formula is C21H25N3O4S. The Labute approximate surface area is 170 Å². The lowest BCUT2D eigenvalue weighted by atomic mass is 9.94. The van der Waals surface area contributed by atoms with Gasteiger partial charge in [-0.2, -0.15) is 5.10 Å². The number of methoxy groups -OCH3 is 1. The zero-order chi connectivity index (χ0) is 20.9. The second kappa shape index (κ2) is 9.28. The molecular weight excluding hydrogens is 390 g/mol. The van der Waals surface area contributed by atoms with Gasteiger partial charge in [-0.3, -0.25) is 14.9 Å². The number of nitrogens with zero attached hydrogens (tertiary/aromatic N) is 2. The summed E-state index contributed by atoms with van der Waals surface area (Å²) in [5, 5.41) is 7.63. The monoisotopic (exact) mass is 415 g/mol. The standard InChI is InChI=1S/C21H25N3O4S/c1-15(16-6-4-3-5-7-16)10-18(25)11-17-12-20-19(13-22-17)21(24-23-20)14-29(26,27)9-8-28-2/h3-7,12-13,15H,8-11,14H2,1-2H3,(H,23,24)/t15-/m0/s1. The Morgan fingerprint density at radius 1 is 1.24 bits per heavy atom. The molecule has 3 aromatic rings. The van der Waals surface area contributed by atoms with Gasteiger partial charge in [0.25, 0.3) is 0 Å². The molecule has 29 heavy (non-hydrogen) atoms. The van der Waals surface area contributed by atoms with Gasteiger partial charge in [0.05, 0.1) is 29.3 Å². The molecule has 1 aromatic carbocycles. The van der Waals surface area contributed by atoms with Crippen LogP contribution < -0.4 is 0 Å². The fraction of sp³-hybridized carbons (Fsp3) is 0.381. The fourth-order valence-electron chi connectivity index (χ4n) is 3.22. The highest BCUT2D eigenvalue weighted by atomic mass is 32.2. The number of benzene rings is 1. The molecule has 7 nitrogen and oxygen atoms in total. The van der Waals surface area contributed by atoms with E-state index < -0.39 is 9.84 Å². The second-order valence-electron chi connectivity index (χ2n) is 7.21. The molecule has 0 unspecified atom stereocenters. The first-order chi connectivity index (χ1) is 13.9. The van der Waals surface area contributed by atoms with E-state index in [0.717, 1.165) is 5.56 Å². The van der Waals surface area contributed by atoms with Gasteiger partial charge in [-0.25, -0.2) is 8.42 Å². The van der Waals surface area contributed by atoms with E-state index in [-0.39, 0.29) is 36.2 Å². The molecule has 8 heteroatoms. The van der Waals surface area contributed by atoms with Crippen LogP contribution in [0.4, 0.5) is 0 Å². The third-order valence-corrected chi connectivity index (χ3v) is 6.34. The van der Waals surface area contributed by atoms with E-state index in [1.165, 1.54) is 7.11 Å². The van der Waals surface area contributed by atoms with E-state index in [0.29, 0.717) is 28.7 Å². The Balaban J connectivity index is 1.67. The molecule has 1 N–H and O–H groups in total. The van der Waals surface area contributed by atoms with Crippen molar-refractivity contribution in [3.63, 3.8) is 0 Å². The maximum absolute atomic E-state index is 12.5. The number of pyridine rings is 1. The number of nitrogens with one attached hydrogen (secondary N) is 1. The maximum atomic E-state index is 12.5. The van der Waals surface area contributed by atoms with Crippen molar-refractivity contribution in [1.29, 1.82) is 0 Å². The summed E-state index contributed by atoms with van der Waals surface area (Å²) in [6.07, 6.45) is 2.25. The van der Waals surface area contributed by atoms with Crippen LogP contribution in [0.5, 0.6) is 0 Å². The van der Waals surface area contributed by atoms with Crippen molar-refractivity contribution in [2.75, 3.05) is 19.5 Å². The van der Waals surface area contributed by atoms with Crippen LogP contribution >= 0.6 is 0 Å². The van der Waals surface area contributed by atoms with Crippen LogP contribution in [0.15, 0.2) is 42.6 Å². The number of hydrogen-bond acceptors (Lipinski definition) is 6. The minimum absolute atomic E-state index is 0.0520. The van der Waals surface area contributed by atoms with Gasteiger partial charge in [0.15, 0.2) is 9.84 Å². The number of ether oxygens (including phenoxy) is 1. The fourth-order valence-corrected chi connectivity index (χ4v) is 4.45. The number of fused-ring (bicyclic) bond motifs is 1. The molecule has 0 radical (unpaired) electrons. The number of Topliss-reactive ketones (excluding diaryl/α,β-unsaturated/α-hetero) is 1. The summed E-state index contributed by atoms with van der Waals surface area (Å²) in [6.45, 7) is 2.19. The van der Waals surface area contributed by atoms with Crippen LogP contribution in [-0.4, -0.2) is 48.9 Å². The predicted octanol–water partition coefficient (Wildman–Crippen LogP) is 2.82. The lowest BCUT2D eigenvalue weighted by molar-refractivity contribution is -0.118. The van der Waals surface area contributed by atoms with Crippen LogP contribution in [0.2, 0.25) is 0 Å². The van der Waals surface area contributed by atoms with E-state index in [1.54, 1.807) is 12.3 Å². The summed E-state index contributed by atoms with van der Waals surface area (Å²) in [5.74, 6) is 0.0400. The van der Waals surface area contributed by atoms with Crippen molar-refractivity contribution in [3.05, 3.63) is 59.5 Å². The molecule has 0 aliphatic heterocycles. The minimum atomic E-state index is -3.31. The van der Waals surface area contributed by atoms with Crippen LogP contribution in [0.25, 0.3) is 10.9 Å². The van der Waals surface area contributed by atoms with Crippen molar-refractivity contribution >= 4 is 26.5 Å². The number of H-pyrrole nitrogens is 1. The van der Waals surface area contributed by atoms with Crippen LogP contribution in [0, 0.1) is 0 Å². The van der Waals surface area contributed by atoms with Gasteiger partial charge in [0.1, 0.15) is 5.78 Å². The second-order valence-corrected chi connectivity index (χ2v) is 9.40. The van der Waals surface area contributed by atoms with Gasteiger partial charge in [-0.15, -0.1) is 0 Å². The first-order valence-corrected chi connectivity index (χ1v) is 11.3. The Morgan fingerprint density at radius 2 is 2.00 bits per heavy atom. The van der Waals surface area contributed by atoms with Crippen LogP contribution in [0.3, 0.4) is 0 Å². The van der Waals surface area contributed by atoms with Crippen molar-refractivity contribution in [2.45, 2.75) is 31.4 Å². The van der Waals surface area contributed by atoms with Crippen LogP contribution in [-0.2, 0) is 31.5 Å². The molecule has 0 aliphatic carbocycles. The summed E-state index contributed by atoms with van der Waals surface area (Å²) < 4.78 is 29.1. The molecule has 3 rings (SSSR count). The summed E-state index contributed by atoms with van der Waals surface area (Å²) in [7, 11) is -1.84. The topological polar surface area (TPSA) is 102 Å². The first kappa shape index (κ1) is 21.1. The Morgan fingerprint density at radius 3 is 2.72 bits per heavy atom. The molecule has 0 spiro atoms. The van der Waals surface area contributed by atoms with E-state index in [9.17, 15) is 13.2 Å². The number of carbonyl (C=O) groups is 1. The summed E-state index contributed by atoms with van der Waals surface area (Å²) in [6, 6.07) is 11.7. The van der Waals surface area contributed by atoms with Gasteiger partial charge in [-0.05, 0) is 17.5 Å². The van der Waals surface area contributed by atoms with E-state index in [2.05, 4.69) is 15.2 Å². The molecule has 0 bridgehead atoms. The average molecular weight is 416 g/mol. The Bertz CT molecular complexity index is 1080. The maximum Gasteiger partial charge on any atom is 0.158 e. The number of rotatable bonds is 10. The summed E-state index contributed by atoms with van der Waals surface area (Å²) in [5.41, 5.74) is 2.87. The number of ketones is 1. The van der Waals surface area contributed by atoms with E-state index >= 15 is 0 Å². The summed E-state index contributed by atoms with van der Waals surface area (Å²) in [4.78, 5) is 16.8. The first-order valence-electron chi connectivity index (χ1n) is 9.46. The number of sulfone groups is 1. The highest BCUT2D eigenvalue weighted by Crippen LogP contribution is 2.21. The third-order valence-electron chi connectivity index (χ3n) is 4.82. The minimum Gasteiger partial charge on any atom is -0.384 e. The quantitative estimate of drug-likeness (QED) is 0.546. The van der Waals surface area contributed by atoms with E-state index in [4.69, 9.17) is 4.74 Å². The zero-order valence-electron chi connectivity index (χ0n) is 16.6. The van der Waals surface area contributed by atoms with Gasteiger partial charge in [0, 0.05) is 37.2 Å². The molecule has 0 saturated heterocycles. The van der Waals surface area contributed by atoms with Gasteiger partial charge < -0.3 is 4.74 Å². The predicted molar refractivity (Wildman–Crippen MR) is 111 cm³/mol. The Kier molecular flexibility index (Phi) is 6.76. The van der Waals surface area contributed by atoms with Crippen molar-refractivity contribution in [2.24, 2.45) is 0 Å². The average Bonchev–Trinajstić information content (AvgIpc) is 3.08. The van der Waals surface area contributed by atoms with Crippen molar-refractivity contribution in [3.8, 4) is 0 Å². The van der Waals surface area contributed by atoms with Gasteiger partial charge in [0.2, 0.25) is 0 Å². The molecule has 0 fully saturated rings. The molecule has 0 aliphatic rings. The molecule has 0 amide bonds. The molecule has 2 heterocycles. The molecule has 154 valence electrons. The summed E-state index contributed by atoms with van der Waals surface area (Å²) >= 11 is 0. The van der Waals surface area contributed by atoms with Gasteiger partial charge >= 0.3 is 0 Å². The van der Waals surface area contributed by atoms with Crippen molar-refractivity contribution < 1.29 is 17.9 Å². The molecule has 2 aromatic heterocycles. The third kappa shape index (κ3) is 5.71. The lowest BCUT2D eigenvalue weighted by Crippen LogP contribution is -2.13. The zero-order valence-corrected chi connectivity index (χ0v) is 17.4. The van der Waals surface area contributed by atoms with Crippen LogP contribution in [0.1, 0.15) is 36.2 Å². The normalized spacial score (nSPS) is 12.9. The molecule has 0 saturated carbocycles. The smallest absolute Gasteiger partial charge is 0.158 e. The van der Waals surface area contributed by atoms with Crippen molar-refractivity contribution in [1.82, 2.24) is 15.2 Å². The number of aromatic nitrogens is 3. The lowest BCUT2D eigenvalue weighted by Gasteiger charge is -2.10. The van der Waals surface area contributed by atoms with E-state index in [1.807, 2.05) is 37.3 Å². The highest BCUT2D eigenvalue weighted by Gasteiger charge is 2.17. The SMILES string of the molecule is COCCS(=O)(=O)Cc1[nH]nc2cc(CC(=O)C[C@H](C)c3ccccc3)ncc12. The molecule has 1 atom stereocenters. The number of hydrogen-bond donors (Lipinski definition) is 1. The number of aromatic amines is 1.